The lowest BCUT2D eigenvalue weighted by atomic mass is 10.1. The third-order valence-electron chi connectivity index (χ3n) is 3.84. The molecule has 5 heteroatoms. The summed E-state index contributed by atoms with van der Waals surface area (Å²) in [6.45, 7) is 1.40. The molecule has 2 aromatic heterocycles. The fourth-order valence-corrected chi connectivity index (χ4v) is 3.27. The molecule has 3 rings (SSSR count). The molecule has 0 aliphatic heterocycles. The Labute approximate surface area is 146 Å². The third kappa shape index (κ3) is 5.06. The summed E-state index contributed by atoms with van der Waals surface area (Å²) >= 11 is 1.75. The van der Waals surface area contributed by atoms with Gasteiger partial charge >= 0.3 is 0 Å². The van der Waals surface area contributed by atoms with Crippen LogP contribution in [0.3, 0.4) is 0 Å². The molecule has 0 aliphatic carbocycles. The van der Waals surface area contributed by atoms with E-state index >= 15 is 0 Å². The quantitative estimate of drug-likeness (QED) is 0.681. The summed E-state index contributed by atoms with van der Waals surface area (Å²) in [6.07, 6.45) is 8.00. The van der Waals surface area contributed by atoms with Crippen LogP contribution in [0.25, 0.3) is 0 Å². The number of hydrogen-bond acceptors (Lipinski definition) is 3. The highest BCUT2D eigenvalue weighted by atomic mass is 32.1. The molecule has 0 fully saturated rings. The Balaban J connectivity index is 1.38. The summed E-state index contributed by atoms with van der Waals surface area (Å²) in [7, 11) is 0. The molecule has 124 valence electrons. The van der Waals surface area contributed by atoms with Crippen molar-refractivity contribution in [1.29, 1.82) is 0 Å². The Hall–Kier alpha value is -2.40. The van der Waals surface area contributed by atoms with Crippen molar-refractivity contribution in [2.75, 3.05) is 0 Å². The van der Waals surface area contributed by atoms with Crippen molar-refractivity contribution in [3.05, 3.63) is 76.5 Å². The molecule has 1 N–H and O–H groups in total. The maximum absolute atomic E-state index is 11.9. The summed E-state index contributed by atoms with van der Waals surface area (Å²) < 4.78 is 2.03. The van der Waals surface area contributed by atoms with Crippen LogP contribution in [-0.2, 0) is 24.3 Å². The standard InChI is InChI=1S/C19H21N3OS/c23-19(5-1-3-18-4-2-12-24-18)21-13-16-6-8-17(9-7-16)14-22-11-10-20-15-22/h2,4,6-12,15H,1,3,5,13-14H2,(H,21,23). The zero-order valence-corrected chi connectivity index (χ0v) is 14.3. The highest BCUT2D eigenvalue weighted by Crippen LogP contribution is 2.12. The van der Waals surface area contributed by atoms with Crippen LogP contribution in [0, 0.1) is 0 Å². The number of benzene rings is 1. The van der Waals surface area contributed by atoms with E-state index in [9.17, 15) is 4.79 Å². The minimum absolute atomic E-state index is 0.119. The van der Waals surface area contributed by atoms with Crippen molar-refractivity contribution in [3.8, 4) is 0 Å². The van der Waals surface area contributed by atoms with Crippen LogP contribution in [0.15, 0.2) is 60.5 Å². The average Bonchev–Trinajstić information content (AvgIpc) is 3.28. The van der Waals surface area contributed by atoms with Gasteiger partial charge in [0.15, 0.2) is 0 Å². The SMILES string of the molecule is O=C(CCCc1cccs1)NCc1ccc(Cn2ccnc2)cc1. The van der Waals surface area contributed by atoms with Crippen LogP contribution in [0.5, 0.6) is 0 Å². The minimum atomic E-state index is 0.119. The monoisotopic (exact) mass is 339 g/mol. The molecule has 0 saturated heterocycles. The number of amides is 1. The van der Waals surface area contributed by atoms with E-state index in [2.05, 4.69) is 52.1 Å². The molecule has 0 saturated carbocycles. The van der Waals surface area contributed by atoms with Gasteiger partial charge in [0.25, 0.3) is 0 Å². The first kappa shape index (κ1) is 16.5. The van der Waals surface area contributed by atoms with Crippen LogP contribution >= 0.6 is 11.3 Å². The average molecular weight is 339 g/mol. The Morgan fingerprint density at radius 1 is 1.17 bits per heavy atom. The van der Waals surface area contributed by atoms with E-state index in [1.165, 1.54) is 10.4 Å². The number of carbonyl (C=O) groups is 1. The van der Waals surface area contributed by atoms with Gasteiger partial charge in [0.05, 0.1) is 6.33 Å². The van der Waals surface area contributed by atoms with Gasteiger partial charge in [0.1, 0.15) is 0 Å². The van der Waals surface area contributed by atoms with Crippen molar-refractivity contribution in [1.82, 2.24) is 14.9 Å². The van der Waals surface area contributed by atoms with Crippen molar-refractivity contribution in [2.45, 2.75) is 32.4 Å². The minimum Gasteiger partial charge on any atom is -0.352 e. The number of imidazole rings is 1. The van der Waals surface area contributed by atoms with Gasteiger partial charge < -0.3 is 9.88 Å². The lowest BCUT2D eigenvalue weighted by Crippen LogP contribution is -2.22. The fourth-order valence-electron chi connectivity index (χ4n) is 2.52. The van der Waals surface area contributed by atoms with Crippen LogP contribution in [0.2, 0.25) is 0 Å². The maximum Gasteiger partial charge on any atom is 0.220 e. The first-order valence-corrected chi connectivity index (χ1v) is 9.00. The number of aryl methyl sites for hydroxylation is 1. The summed E-state index contributed by atoms with van der Waals surface area (Å²) in [6, 6.07) is 12.5. The van der Waals surface area contributed by atoms with Crippen molar-refractivity contribution < 1.29 is 4.79 Å². The van der Waals surface area contributed by atoms with Crippen LogP contribution in [0.1, 0.15) is 28.8 Å². The molecule has 4 nitrogen and oxygen atoms in total. The molecule has 3 aromatic rings. The summed E-state index contributed by atoms with van der Waals surface area (Å²) in [5.74, 6) is 0.119. The molecule has 1 aromatic carbocycles. The van der Waals surface area contributed by atoms with Crippen LogP contribution in [0.4, 0.5) is 0 Å². The smallest absolute Gasteiger partial charge is 0.220 e. The number of hydrogen-bond donors (Lipinski definition) is 1. The predicted molar refractivity (Wildman–Crippen MR) is 96.9 cm³/mol. The summed E-state index contributed by atoms with van der Waals surface area (Å²) in [5.41, 5.74) is 2.34. The molecule has 0 bridgehead atoms. The fraction of sp³-hybridized carbons (Fsp3) is 0.263. The number of nitrogens with zero attached hydrogens (tertiary/aromatic N) is 2. The maximum atomic E-state index is 11.9. The second-order valence-corrected chi connectivity index (χ2v) is 6.79. The molecule has 0 aliphatic rings. The highest BCUT2D eigenvalue weighted by Gasteiger charge is 2.03. The van der Waals surface area contributed by atoms with Crippen molar-refractivity contribution >= 4 is 17.2 Å². The molecule has 0 unspecified atom stereocenters. The van der Waals surface area contributed by atoms with Gasteiger partial charge in [-0.25, -0.2) is 4.98 Å². The van der Waals surface area contributed by atoms with Crippen molar-refractivity contribution in [3.63, 3.8) is 0 Å². The molecular weight excluding hydrogens is 318 g/mol. The Morgan fingerprint density at radius 3 is 2.71 bits per heavy atom. The largest absolute Gasteiger partial charge is 0.352 e. The summed E-state index contributed by atoms with van der Waals surface area (Å²) in [4.78, 5) is 17.3. The van der Waals surface area contributed by atoms with Gasteiger partial charge in [0, 0.05) is 36.8 Å². The number of aromatic nitrogens is 2. The normalized spacial score (nSPS) is 10.7. The number of nitrogens with one attached hydrogen (secondary N) is 1. The van der Waals surface area contributed by atoms with E-state index in [0.29, 0.717) is 13.0 Å². The molecule has 24 heavy (non-hydrogen) atoms. The first-order chi connectivity index (χ1) is 11.8. The lowest BCUT2D eigenvalue weighted by Gasteiger charge is -2.07. The van der Waals surface area contributed by atoms with Crippen LogP contribution in [-0.4, -0.2) is 15.5 Å². The van der Waals surface area contributed by atoms with Gasteiger partial charge in [-0.3, -0.25) is 4.79 Å². The van der Waals surface area contributed by atoms with Gasteiger partial charge in [-0.05, 0) is 35.4 Å². The van der Waals surface area contributed by atoms with E-state index in [1.807, 2.05) is 17.1 Å². The van der Waals surface area contributed by atoms with Gasteiger partial charge in [-0.1, -0.05) is 30.3 Å². The summed E-state index contributed by atoms with van der Waals surface area (Å²) in [5, 5.41) is 5.07. The number of rotatable bonds is 8. The zero-order valence-electron chi connectivity index (χ0n) is 13.5. The van der Waals surface area contributed by atoms with E-state index in [1.54, 1.807) is 17.5 Å². The molecule has 2 heterocycles. The third-order valence-corrected chi connectivity index (χ3v) is 4.78. The predicted octanol–water partition coefficient (Wildman–Crippen LogP) is 3.63. The molecule has 0 radical (unpaired) electrons. The molecule has 1 amide bonds. The van der Waals surface area contributed by atoms with E-state index < -0.39 is 0 Å². The number of thiophene rings is 1. The zero-order chi connectivity index (χ0) is 16.6. The number of carbonyl (C=O) groups excluding carboxylic acids is 1. The Bertz CT molecular complexity index is 734. The first-order valence-electron chi connectivity index (χ1n) is 8.12. The van der Waals surface area contributed by atoms with Crippen LogP contribution < -0.4 is 5.32 Å². The topological polar surface area (TPSA) is 46.9 Å². The van der Waals surface area contributed by atoms with Gasteiger partial charge in [0.2, 0.25) is 5.91 Å². The highest BCUT2D eigenvalue weighted by molar-refractivity contribution is 7.09. The second-order valence-electron chi connectivity index (χ2n) is 5.76. The van der Waals surface area contributed by atoms with Crippen molar-refractivity contribution in [2.24, 2.45) is 0 Å². The Morgan fingerprint density at radius 2 is 2.00 bits per heavy atom. The molecule has 0 atom stereocenters. The van der Waals surface area contributed by atoms with E-state index in [4.69, 9.17) is 0 Å². The van der Waals surface area contributed by atoms with E-state index in [-0.39, 0.29) is 5.91 Å². The molecular formula is C19H21N3OS. The van der Waals surface area contributed by atoms with E-state index in [0.717, 1.165) is 24.9 Å². The van der Waals surface area contributed by atoms with Gasteiger partial charge in [-0.15, -0.1) is 11.3 Å². The Kier molecular flexibility index (Phi) is 5.80. The lowest BCUT2D eigenvalue weighted by molar-refractivity contribution is -0.121. The van der Waals surface area contributed by atoms with Gasteiger partial charge in [-0.2, -0.15) is 0 Å². The second kappa shape index (κ2) is 8.45. The molecule has 0 spiro atoms.